The second kappa shape index (κ2) is 9.97. The van der Waals surface area contributed by atoms with E-state index in [0.29, 0.717) is 5.16 Å². The number of aryl methyl sites for hydroxylation is 2. The number of thiophene rings is 1. The Morgan fingerprint density at radius 2 is 1.94 bits per heavy atom. The Labute approximate surface area is 213 Å². The van der Waals surface area contributed by atoms with Gasteiger partial charge in [0.25, 0.3) is 5.56 Å². The molecule has 4 aromatic rings. The van der Waals surface area contributed by atoms with Gasteiger partial charge in [0.05, 0.1) is 16.8 Å². The predicted molar refractivity (Wildman–Crippen MR) is 145 cm³/mol. The molecule has 3 heterocycles. The summed E-state index contributed by atoms with van der Waals surface area (Å²) < 4.78 is 1.67. The number of carbonyl (C=O) groups is 1. The molecular formula is C27H28N4O2S2. The molecule has 0 spiro atoms. The van der Waals surface area contributed by atoms with Crippen LogP contribution in [0.5, 0.6) is 0 Å². The smallest absolute Gasteiger partial charge is 0.267 e. The van der Waals surface area contributed by atoms with Gasteiger partial charge in [-0.05, 0) is 62.2 Å². The van der Waals surface area contributed by atoms with E-state index in [2.05, 4.69) is 17.1 Å². The lowest BCUT2D eigenvalue weighted by Gasteiger charge is -2.25. The summed E-state index contributed by atoms with van der Waals surface area (Å²) in [5, 5.41) is 4.21. The van der Waals surface area contributed by atoms with Crippen LogP contribution in [0.15, 0.2) is 58.5 Å². The Bertz CT molecular complexity index is 1460. The van der Waals surface area contributed by atoms with Crippen molar-refractivity contribution in [1.82, 2.24) is 14.5 Å². The number of hydrogen-bond donors (Lipinski definition) is 1. The number of anilines is 1. The van der Waals surface area contributed by atoms with Gasteiger partial charge in [-0.3, -0.25) is 19.1 Å². The summed E-state index contributed by atoms with van der Waals surface area (Å²) in [4.78, 5) is 35.9. The monoisotopic (exact) mass is 504 g/mol. The molecule has 1 aliphatic heterocycles. The Morgan fingerprint density at radius 3 is 2.69 bits per heavy atom. The Balaban J connectivity index is 1.52. The zero-order valence-electron chi connectivity index (χ0n) is 20.1. The van der Waals surface area contributed by atoms with Crippen LogP contribution < -0.4 is 10.9 Å². The minimum atomic E-state index is -0.130. The fourth-order valence-electron chi connectivity index (χ4n) is 4.42. The van der Waals surface area contributed by atoms with Crippen molar-refractivity contribution in [3.8, 4) is 5.69 Å². The third-order valence-corrected chi connectivity index (χ3v) is 8.35. The number of aromatic nitrogens is 2. The van der Waals surface area contributed by atoms with E-state index in [1.165, 1.54) is 16.6 Å². The highest BCUT2D eigenvalue weighted by Gasteiger charge is 2.25. The van der Waals surface area contributed by atoms with Crippen LogP contribution in [0.4, 0.5) is 5.69 Å². The average molecular weight is 505 g/mol. The van der Waals surface area contributed by atoms with Gasteiger partial charge in [-0.15, -0.1) is 11.3 Å². The summed E-state index contributed by atoms with van der Waals surface area (Å²) in [6, 6.07) is 15.6. The van der Waals surface area contributed by atoms with Crippen molar-refractivity contribution in [2.24, 2.45) is 0 Å². The van der Waals surface area contributed by atoms with Gasteiger partial charge in [0.15, 0.2) is 5.16 Å². The summed E-state index contributed by atoms with van der Waals surface area (Å²) in [5.74, 6) is 0.0291. The van der Waals surface area contributed by atoms with Crippen LogP contribution in [0.3, 0.4) is 0 Å². The van der Waals surface area contributed by atoms with Crippen molar-refractivity contribution in [3.05, 3.63) is 80.5 Å². The molecule has 5 rings (SSSR count). The maximum Gasteiger partial charge on any atom is 0.267 e. The zero-order chi connectivity index (χ0) is 24.5. The van der Waals surface area contributed by atoms with Crippen molar-refractivity contribution in [1.29, 1.82) is 0 Å². The van der Waals surface area contributed by atoms with Crippen LogP contribution >= 0.6 is 23.1 Å². The summed E-state index contributed by atoms with van der Waals surface area (Å²) in [6.07, 6.45) is 0.860. The molecule has 1 amide bonds. The molecule has 6 nitrogen and oxygen atoms in total. The van der Waals surface area contributed by atoms with Crippen molar-refractivity contribution >= 4 is 44.9 Å². The van der Waals surface area contributed by atoms with Crippen LogP contribution in [-0.2, 0) is 17.8 Å². The Hall–Kier alpha value is -2.94. The van der Waals surface area contributed by atoms with Crippen LogP contribution in [0.1, 0.15) is 28.5 Å². The lowest BCUT2D eigenvalue weighted by atomic mass is 10.1. The first kappa shape index (κ1) is 23.8. The number of thioether (sulfide) groups is 1. The van der Waals surface area contributed by atoms with Gasteiger partial charge in [0.2, 0.25) is 5.91 Å². The molecule has 0 bridgehead atoms. The molecule has 2 aromatic carbocycles. The van der Waals surface area contributed by atoms with Crippen molar-refractivity contribution in [2.45, 2.75) is 38.9 Å². The molecule has 180 valence electrons. The standard InChI is InChI=1S/C27H28N4O2S2/c1-4-30-13-12-21-22(15-30)35-25-24(21)26(33)31(20-10-8-17(2)9-11-20)27(29-25)34-16-23(32)28-19-7-5-6-18(3)14-19/h5-11,14H,4,12-13,15-16H2,1-3H3,(H,28,32). The van der Waals surface area contributed by atoms with E-state index >= 15 is 0 Å². The molecule has 0 saturated heterocycles. The summed E-state index contributed by atoms with van der Waals surface area (Å²) >= 11 is 2.91. The normalized spacial score (nSPS) is 13.7. The second-order valence-corrected chi connectivity index (χ2v) is 10.9. The number of likely N-dealkylation sites (N-methyl/N-ethyl adjacent to an activating group) is 1. The van der Waals surface area contributed by atoms with Gasteiger partial charge < -0.3 is 5.32 Å². The minimum absolute atomic E-state index is 0.0529. The van der Waals surface area contributed by atoms with Crippen LogP contribution in [0.2, 0.25) is 0 Å². The van der Waals surface area contributed by atoms with Crippen LogP contribution in [-0.4, -0.2) is 39.2 Å². The highest BCUT2D eigenvalue weighted by Crippen LogP contribution is 2.34. The van der Waals surface area contributed by atoms with E-state index in [0.717, 1.165) is 64.3 Å². The van der Waals surface area contributed by atoms with E-state index in [1.807, 2.05) is 62.4 Å². The van der Waals surface area contributed by atoms with E-state index in [4.69, 9.17) is 4.98 Å². The third-order valence-electron chi connectivity index (χ3n) is 6.30. The minimum Gasteiger partial charge on any atom is -0.325 e. The molecule has 0 saturated carbocycles. The first-order chi connectivity index (χ1) is 16.9. The van der Waals surface area contributed by atoms with Crippen molar-refractivity contribution in [2.75, 3.05) is 24.2 Å². The molecular weight excluding hydrogens is 476 g/mol. The number of amides is 1. The topological polar surface area (TPSA) is 67.2 Å². The van der Waals surface area contributed by atoms with Crippen LogP contribution in [0.25, 0.3) is 15.9 Å². The molecule has 8 heteroatoms. The van der Waals surface area contributed by atoms with E-state index in [9.17, 15) is 9.59 Å². The SMILES string of the molecule is CCN1CCc2c(sc3nc(SCC(=O)Nc4cccc(C)c4)n(-c4ccc(C)cc4)c(=O)c23)C1. The fourth-order valence-corrected chi connectivity index (χ4v) is 6.53. The number of nitrogens with one attached hydrogen (secondary N) is 1. The average Bonchev–Trinajstić information content (AvgIpc) is 3.21. The van der Waals surface area contributed by atoms with E-state index in [1.54, 1.807) is 15.9 Å². The number of rotatable bonds is 6. The maximum absolute atomic E-state index is 13.9. The number of benzene rings is 2. The first-order valence-electron chi connectivity index (χ1n) is 11.8. The molecule has 0 radical (unpaired) electrons. The summed E-state index contributed by atoms with van der Waals surface area (Å²) in [6.45, 7) is 8.98. The van der Waals surface area contributed by atoms with E-state index in [-0.39, 0.29) is 17.2 Å². The number of carbonyl (C=O) groups excluding carboxylic acids is 1. The molecule has 1 N–H and O–H groups in total. The van der Waals surface area contributed by atoms with Gasteiger partial charge >= 0.3 is 0 Å². The Morgan fingerprint density at radius 1 is 1.14 bits per heavy atom. The molecule has 2 aromatic heterocycles. The Kier molecular flexibility index (Phi) is 6.77. The van der Waals surface area contributed by atoms with Gasteiger partial charge in [0, 0.05) is 23.7 Å². The van der Waals surface area contributed by atoms with Crippen molar-refractivity contribution < 1.29 is 4.79 Å². The first-order valence-corrected chi connectivity index (χ1v) is 13.6. The zero-order valence-corrected chi connectivity index (χ0v) is 21.8. The van der Waals surface area contributed by atoms with E-state index < -0.39 is 0 Å². The fraction of sp³-hybridized carbons (Fsp3) is 0.296. The number of hydrogen-bond acceptors (Lipinski definition) is 6. The van der Waals surface area contributed by atoms with Gasteiger partial charge in [-0.1, -0.05) is 48.5 Å². The highest BCUT2D eigenvalue weighted by molar-refractivity contribution is 7.99. The molecule has 0 unspecified atom stereocenters. The van der Waals surface area contributed by atoms with Gasteiger partial charge in [-0.2, -0.15) is 0 Å². The highest BCUT2D eigenvalue weighted by atomic mass is 32.2. The van der Waals surface area contributed by atoms with Gasteiger partial charge in [-0.25, -0.2) is 4.98 Å². The molecule has 0 fully saturated rings. The molecule has 1 aliphatic rings. The predicted octanol–water partition coefficient (Wildman–Crippen LogP) is 5.17. The largest absolute Gasteiger partial charge is 0.325 e. The third kappa shape index (κ3) is 4.91. The second-order valence-electron chi connectivity index (χ2n) is 8.88. The molecule has 35 heavy (non-hydrogen) atoms. The quantitative estimate of drug-likeness (QED) is 0.290. The molecule has 0 aliphatic carbocycles. The number of nitrogens with zero attached hydrogens (tertiary/aromatic N) is 3. The lowest BCUT2D eigenvalue weighted by molar-refractivity contribution is -0.113. The lowest BCUT2D eigenvalue weighted by Crippen LogP contribution is -2.30. The summed E-state index contributed by atoms with van der Waals surface area (Å²) in [7, 11) is 0. The maximum atomic E-state index is 13.9. The van der Waals surface area contributed by atoms with Crippen molar-refractivity contribution in [3.63, 3.8) is 0 Å². The number of fused-ring (bicyclic) bond motifs is 3. The van der Waals surface area contributed by atoms with Crippen LogP contribution in [0, 0.1) is 13.8 Å². The molecule has 0 atom stereocenters. The summed E-state index contributed by atoms with van der Waals surface area (Å²) in [5.41, 5.74) is 4.82. The van der Waals surface area contributed by atoms with Gasteiger partial charge in [0.1, 0.15) is 4.83 Å².